The number of rotatable bonds is 5. The molecule has 1 saturated heterocycles. The number of sulfonamides is 1. The Morgan fingerprint density at radius 3 is 2.47 bits per heavy atom. The van der Waals surface area contributed by atoms with Gasteiger partial charge in [-0.3, -0.25) is 4.79 Å². The number of ether oxygens (including phenoxy) is 1. The van der Waals surface area contributed by atoms with Crippen LogP contribution in [0.4, 0.5) is 0 Å². The van der Waals surface area contributed by atoms with Crippen LogP contribution in [0.2, 0.25) is 0 Å². The van der Waals surface area contributed by atoms with Crippen LogP contribution in [0.1, 0.15) is 37.0 Å². The summed E-state index contributed by atoms with van der Waals surface area (Å²) in [5.41, 5.74) is 1.34. The van der Waals surface area contributed by atoms with E-state index >= 15 is 0 Å². The number of thiazole rings is 1. The lowest BCUT2D eigenvalue weighted by Crippen LogP contribution is -2.37. The molecule has 9 heteroatoms. The molecule has 1 aromatic heterocycles. The first-order valence-electron chi connectivity index (χ1n) is 10.7. The molecule has 0 radical (unpaired) electrons. The zero-order valence-corrected chi connectivity index (χ0v) is 20.1. The molecule has 1 fully saturated rings. The van der Waals surface area contributed by atoms with Crippen molar-refractivity contribution >= 4 is 37.5 Å². The number of amides is 1. The molecule has 3 aromatic rings. The maximum absolute atomic E-state index is 12.9. The number of fused-ring (bicyclic) bond motifs is 1. The average molecular weight is 474 g/mol. The molecule has 0 saturated carbocycles. The van der Waals surface area contributed by atoms with Crippen LogP contribution in [0.15, 0.2) is 52.4 Å². The van der Waals surface area contributed by atoms with Gasteiger partial charge in [-0.05, 0) is 68.1 Å². The van der Waals surface area contributed by atoms with Crippen LogP contribution in [0.5, 0.6) is 5.75 Å². The summed E-state index contributed by atoms with van der Waals surface area (Å²) in [5.74, 6) is 0.894. The van der Waals surface area contributed by atoms with Crippen molar-refractivity contribution in [3.05, 3.63) is 52.8 Å². The van der Waals surface area contributed by atoms with Gasteiger partial charge in [0.25, 0.3) is 5.91 Å². The second kappa shape index (κ2) is 9.17. The Morgan fingerprint density at radius 1 is 1.16 bits per heavy atom. The van der Waals surface area contributed by atoms with Gasteiger partial charge in [-0.2, -0.15) is 9.30 Å². The van der Waals surface area contributed by atoms with E-state index in [-0.39, 0.29) is 4.90 Å². The third-order valence-corrected chi connectivity index (χ3v) is 8.84. The summed E-state index contributed by atoms with van der Waals surface area (Å²) >= 11 is 1.42. The van der Waals surface area contributed by atoms with Crippen LogP contribution in [0.25, 0.3) is 10.2 Å². The predicted molar refractivity (Wildman–Crippen MR) is 126 cm³/mol. The van der Waals surface area contributed by atoms with E-state index in [4.69, 9.17) is 4.74 Å². The maximum Gasteiger partial charge on any atom is 0.279 e. The van der Waals surface area contributed by atoms with Crippen LogP contribution in [0, 0.1) is 5.92 Å². The van der Waals surface area contributed by atoms with E-state index in [1.54, 1.807) is 7.11 Å². The fraction of sp³-hybridized carbons (Fsp3) is 0.391. The number of nitrogens with zero attached hydrogens (tertiary/aromatic N) is 3. The molecule has 32 heavy (non-hydrogen) atoms. The molecule has 170 valence electrons. The van der Waals surface area contributed by atoms with Gasteiger partial charge < -0.3 is 9.30 Å². The van der Waals surface area contributed by atoms with Gasteiger partial charge in [0.15, 0.2) is 4.80 Å². The molecule has 1 aliphatic rings. The number of aromatic nitrogens is 1. The molecule has 4 rings (SSSR count). The number of hydrogen-bond acceptors (Lipinski definition) is 5. The van der Waals surface area contributed by atoms with Crippen molar-refractivity contribution in [2.24, 2.45) is 10.9 Å². The summed E-state index contributed by atoms with van der Waals surface area (Å²) in [6.07, 6.45) is 1.74. The van der Waals surface area contributed by atoms with E-state index in [1.165, 1.54) is 39.9 Å². The van der Waals surface area contributed by atoms with Crippen LogP contribution in [-0.4, -0.2) is 43.4 Å². The maximum atomic E-state index is 12.9. The van der Waals surface area contributed by atoms with Crippen molar-refractivity contribution in [2.75, 3.05) is 20.2 Å². The van der Waals surface area contributed by atoms with E-state index in [0.29, 0.717) is 35.9 Å². The Hall–Kier alpha value is -2.49. The SMILES string of the molecule is CCn1c(=NC(=O)c2ccc(S(=O)(=O)N3CCC(C)CC3)cc2)sc2cc(OC)ccc21. The molecule has 1 amide bonds. The van der Waals surface area contributed by atoms with Gasteiger partial charge in [0.2, 0.25) is 10.0 Å². The smallest absolute Gasteiger partial charge is 0.279 e. The molecule has 0 N–H and O–H groups in total. The largest absolute Gasteiger partial charge is 0.497 e. The van der Waals surface area contributed by atoms with Gasteiger partial charge in [-0.25, -0.2) is 8.42 Å². The van der Waals surface area contributed by atoms with Crippen molar-refractivity contribution in [1.29, 1.82) is 0 Å². The molecule has 0 bridgehead atoms. The standard InChI is InChI=1S/C23H27N3O4S2/c1-4-26-20-10-7-18(30-3)15-21(20)31-23(26)24-22(27)17-5-8-19(9-6-17)32(28,29)25-13-11-16(2)12-14-25/h5-10,15-16H,4,11-14H2,1-3H3. The highest BCUT2D eigenvalue weighted by Gasteiger charge is 2.28. The summed E-state index contributed by atoms with van der Waals surface area (Å²) in [6.45, 7) is 5.88. The third-order valence-electron chi connectivity index (χ3n) is 5.88. The molecule has 7 nitrogen and oxygen atoms in total. The molecule has 0 spiro atoms. The molecule has 0 atom stereocenters. The number of carbonyl (C=O) groups excluding carboxylic acids is 1. The van der Waals surface area contributed by atoms with Crippen molar-refractivity contribution in [1.82, 2.24) is 8.87 Å². The Kier molecular flexibility index (Phi) is 6.50. The topological polar surface area (TPSA) is 81.0 Å². The predicted octanol–water partition coefficient (Wildman–Crippen LogP) is 3.89. The lowest BCUT2D eigenvalue weighted by molar-refractivity contribution is 0.0997. The number of piperidine rings is 1. The van der Waals surface area contributed by atoms with Crippen molar-refractivity contribution in [3.63, 3.8) is 0 Å². The second-order valence-electron chi connectivity index (χ2n) is 7.99. The summed E-state index contributed by atoms with van der Waals surface area (Å²) in [4.78, 5) is 18.0. The highest BCUT2D eigenvalue weighted by atomic mass is 32.2. The quantitative estimate of drug-likeness (QED) is 0.563. The molecule has 1 aliphatic heterocycles. The summed E-state index contributed by atoms with van der Waals surface area (Å²) < 4.78 is 35.6. The first-order chi connectivity index (χ1) is 15.3. The number of aryl methyl sites for hydroxylation is 1. The first-order valence-corrected chi connectivity index (χ1v) is 13.0. The average Bonchev–Trinajstić information content (AvgIpc) is 3.15. The van der Waals surface area contributed by atoms with Crippen molar-refractivity contribution in [2.45, 2.75) is 38.1 Å². The first kappa shape index (κ1) is 22.7. The van der Waals surface area contributed by atoms with Crippen LogP contribution >= 0.6 is 11.3 Å². The van der Waals surface area contributed by atoms with E-state index in [2.05, 4.69) is 11.9 Å². The minimum absolute atomic E-state index is 0.209. The second-order valence-corrected chi connectivity index (χ2v) is 10.9. The Labute approximate surface area is 192 Å². The third kappa shape index (κ3) is 4.37. The van der Waals surface area contributed by atoms with E-state index in [1.807, 2.05) is 29.7 Å². The van der Waals surface area contributed by atoms with Gasteiger partial charge in [0.1, 0.15) is 5.75 Å². The number of benzene rings is 2. The Balaban J connectivity index is 1.61. The lowest BCUT2D eigenvalue weighted by atomic mass is 10.0. The molecule has 0 unspecified atom stereocenters. The molecular weight excluding hydrogens is 446 g/mol. The van der Waals surface area contributed by atoms with Gasteiger partial charge in [0.05, 0.1) is 22.2 Å². The number of hydrogen-bond donors (Lipinski definition) is 0. The number of methoxy groups -OCH3 is 1. The van der Waals surface area contributed by atoms with Gasteiger partial charge in [-0.1, -0.05) is 18.3 Å². The molecule has 2 aromatic carbocycles. The molecule has 0 aliphatic carbocycles. The lowest BCUT2D eigenvalue weighted by Gasteiger charge is -2.29. The van der Waals surface area contributed by atoms with Crippen molar-refractivity contribution in [3.8, 4) is 5.75 Å². The zero-order valence-electron chi connectivity index (χ0n) is 18.4. The Bertz CT molecular complexity index is 1300. The van der Waals surface area contributed by atoms with Gasteiger partial charge in [-0.15, -0.1) is 0 Å². The fourth-order valence-corrected chi connectivity index (χ4v) is 6.46. The highest BCUT2D eigenvalue weighted by Crippen LogP contribution is 2.25. The fourth-order valence-electron chi connectivity index (χ4n) is 3.87. The normalized spacial score (nSPS) is 16.5. The molecule has 2 heterocycles. The van der Waals surface area contributed by atoms with E-state index < -0.39 is 15.9 Å². The minimum Gasteiger partial charge on any atom is -0.497 e. The van der Waals surface area contributed by atoms with Crippen LogP contribution in [-0.2, 0) is 16.6 Å². The van der Waals surface area contributed by atoms with Crippen molar-refractivity contribution < 1.29 is 17.9 Å². The van der Waals surface area contributed by atoms with Gasteiger partial charge in [0, 0.05) is 25.2 Å². The highest BCUT2D eigenvalue weighted by molar-refractivity contribution is 7.89. The molecular formula is C23H27N3O4S2. The van der Waals surface area contributed by atoms with Gasteiger partial charge >= 0.3 is 0 Å². The Morgan fingerprint density at radius 2 is 1.84 bits per heavy atom. The summed E-state index contributed by atoms with van der Waals surface area (Å²) in [6, 6.07) is 11.8. The number of carbonyl (C=O) groups is 1. The van der Waals surface area contributed by atoms with Crippen LogP contribution < -0.4 is 9.54 Å². The minimum atomic E-state index is -3.54. The van der Waals surface area contributed by atoms with E-state index in [0.717, 1.165) is 28.8 Å². The summed E-state index contributed by atoms with van der Waals surface area (Å²) in [5, 5.41) is 0. The van der Waals surface area contributed by atoms with Crippen LogP contribution in [0.3, 0.4) is 0 Å². The van der Waals surface area contributed by atoms with E-state index in [9.17, 15) is 13.2 Å². The monoisotopic (exact) mass is 473 g/mol. The zero-order chi connectivity index (χ0) is 22.9. The summed E-state index contributed by atoms with van der Waals surface area (Å²) in [7, 11) is -1.93.